The van der Waals surface area contributed by atoms with E-state index in [2.05, 4.69) is 30.7 Å². The van der Waals surface area contributed by atoms with E-state index in [1.165, 1.54) is 17.7 Å². The Hall–Kier alpha value is -1.29. The van der Waals surface area contributed by atoms with Crippen molar-refractivity contribution in [3.63, 3.8) is 0 Å². The first-order valence-corrected chi connectivity index (χ1v) is 9.23. The number of fused-ring (bicyclic) bond motifs is 1. The number of hydrogen-bond acceptors (Lipinski definition) is 5. The zero-order chi connectivity index (χ0) is 14.9. The number of sulfonamides is 1. The molecule has 0 unspecified atom stereocenters. The Kier molecular flexibility index (Phi) is 4.07. The molecule has 110 valence electrons. The molecule has 6 nitrogen and oxygen atoms in total. The van der Waals surface area contributed by atoms with Crippen LogP contribution in [0.2, 0.25) is 0 Å². The van der Waals surface area contributed by atoms with E-state index in [0.29, 0.717) is 13.0 Å². The van der Waals surface area contributed by atoms with E-state index >= 15 is 0 Å². The Labute approximate surface area is 134 Å². The van der Waals surface area contributed by atoms with Crippen molar-refractivity contribution in [3.05, 3.63) is 46.1 Å². The number of aromatic nitrogens is 3. The summed E-state index contributed by atoms with van der Waals surface area (Å²) < 4.78 is 29.4. The molecule has 0 radical (unpaired) electrons. The molecule has 0 aliphatic rings. The monoisotopic (exact) mass is 386 g/mol. The van der Waals surface area contributed by atoms with Gasteiger partial charge in [0, 0.05) is 22.8 Å². The van der Waals surface area contributed by atoms with Crippen molar-refractivity contribution in [3.8, 4) is 0 Å². The van der Waals surface area contributed by atoms with E-state index in [9.17, 15) is 8.42 Å². The third-order valence-electron chi connectivity index (χ3n) is 2.89. The van der Waals surface area contributed by atoms with Crippen LogP contribution < -0.4 is 4.72 Å². The van der Waals surface area contributed by atoms with Crippen LogP contribution in [0.4, 0.5) is 0 Å². The minimum Gasteiger partial charge on any atom is -0.211 e. The van der Waals surface area contributed by atoms with Crippen LogP contribution in [0, 0.1) is 0 Å². The summed E-state index contributed by atoms with van der Waals surface area (Å²) in [6.07, 6.45) is 2.04. The highest BCUT2D eigenvalue weighted by molar-refractivity contribution is 9.10. The maximum Gasteiger partial charge on any atom is 0.240 e. The summed E-state index contributed by atoms with van der Waals surface area (Å²) in [6.45, 7) is 0.310. The predicted octanol–water partition coefficient (Wildman–Crippen LogP) is 2.07. The first-order valence-electron chi connectivity index (χ1n) is 6.07. The standard InChI is InChI=1S/C12H11BrN4O2S2/c13-9-1-3-11(4-2-9)21(18,19)16-6-5-10-7-20-12-14-8-15-17(10)12/h1-4,7-8,16H,5-6H2. The van der Waals surface area contributed by atoms with E-state index in [1.807, 2.05) is 5.38 Å². The quantitative estimate of drug-likeness (QED) is 0.727. The van der Waals surface area contributed by atoms with Crippen LogP contribution >= 0.6 is 27.3 Å². The lowest BCUT2D eigenvalue weighted by molar-refractivity contribution is 0.581. The normalized spacial score (nSPS) is 12.0. The van der Waals surface area contributed by atoms with Gasteiger partial charge in [-0.3, -0.25) is 0 Å². The highest BCUT2D eigenvalue weighted by atomic mass is 79.9. The number of hydrogen-bond donors (Lipinski definition) is 1. The van der Waals surface area contributed by atoms with Gasteiger partial charge in [-0.05, 0) is 24.3 Å². The van der Waals surface area contributed by atoms with Gasteiger partial charge in [0.1, 0.15) is 6.33 Å². The van der Waals surface area contributed by atoms with E-state index in [1.54, 1.807) is 28.8 Å². The summed E-state index contributed by atoms with van der Waals surface area (Å²) in [6, 6.07) is 6.53. The van der Waals surface area contributed by atoms with Crippen molar-refractivity contribution in [2.75, 3.05) is 6.54 Å². The topological polar surface area (TPSA) is 76.4 Å². The predicted molar refractivity (Wildman–Crippen MR) is 83.9 cm³/mol. The van der Waals surface area contributed by atoms with Crippen LogP contribution in [-0.2, 0) is 16.4 Å². The highest BCUT2D eigenvalue weighted by Gasteiger charge is 2.13. The second-order valence-electron chi connectivity index (χ2n) is 4.28. The average molecular weight is 387 g/mol. The van der Waals surface area contributed by atoms with Crippen molar-refractivity contribution in [1.82, 2.24) is 19.3 Å². The minimum absolute atomic E-state index is 0.252. The van der Waals surface area contributed by atoms with Gasteiger partial charge in [-0.1, -0.05) is 15.9 Å². The smallest absolute Gasteiger partial charge is 0.211 e. The van der Waals surface area contributed by atoms with Gasteiger partial charge in [0.05, 0.1) is 10.6 Å². The van der Waals surface area contributed by atoms with Crippen molar-refractivity contribution >= 4 is 42.3 Å². The number of nitrogens with one attached hydrogen (secondary N) is 1. The Balaban J connectivity index is 1.67. The molecular formula is C12H11BrN4O2S2. The van der Waals surface area contributed by atoms with Crippen LogP contribution in [0.15, 0.2) is 45.3 Å². The van der Waals surface area contributed by atoms with Gasteiger partial charge in [-0.2, -0.15) is 5.10 Å². The van der Waals surface area contributed by atoms with Crippen molar-refractivity contribution < 1.29 is 8.42 Å². The van der Waals surface area contributed by atoms with E-state index in [-0.39, 0.29) is 4.90 Å². The number of halogens is 1. The Bertz CT molecular complexity index is 855. The molecule has 0 saturated carbocycles. The van der Waals surface area contributed by atoms with Crippen LogP contribution in [0.25, 0.3) is 4.96 Å². The van der Waals surface area contributed by atoms with E-state index < -0.39 is 10.0 Å². The molecular weight excluding hydrogens is 376 g/mol. The van der Waals surface area contributed by atoms with Gasteiger partial charge in [-0.15, -0.1) is 11.3 Å². The highest BCUT2D eigenvalue weighted by Crippen LogP contribution is 2.15. The van der Waals surface area contributed by atoms with Gasteiger partial charge in [0.2, 0.25) is 15.0 Å². The van der Waals surface area contributed by atoms with Gasteiger partial charge in [-0.25, -0.2) is 22.6 Å². The van der Waals surface area contributed by atoms with Crippen LogP contribution in [0.5, 0.6) is 0 Å². The molecule has 0 aliphatic heterocycles. The van der Waals surface area contributed by atoms with Crippen molar-refractivity contribution in [1.29, 1.82) is 0 Å². The van der Waals surface area contributed by atoms with Crippen LogP contribution in [0.1, 0.15) is 5.69 Å². The molecule has 0 saturated heterocycles. The molecule has 3 aromatic rings. The Morgan fingerprint density at radius 3 is 2.81 bits per heavy atom. The van der Waals surface area contributed by atoms with Gasteiger partial charge >= 0.3 is 0 Å². The number of thiazole rings is 1. The fourth-order valence-corrected chi connectivity index (χ4v) is 3.98. The first kappa shape index (κ1) is 14.6. The lowest BCUT2D eigenvalue weighted by Gasteiger charge is -2.06. The fraction of sp³-hybridized carbons (Fsp3) is 0.167. The Morgan fingerprint density at radius 1 is 1.29 bits per heavy atom. The molecule has 3 rings (SSSR count). The molecule has 0 aliphatic carbocycles. The minimum atomic E-state index is -3.48. The molecule has 0 amide bonds. The third-order valence-corrected chi connectivity index (χ3v) is 5.77. The van der Waals surface area contributed by atoms with E-state index in [4.69, 9.17) is 0 Å². The largest absolute Gasteiger partial charge is 0.240 e. The van der Waals surface area contributed by atoms with Crippen molar-refractivity contribution in [2.45, 2.75) is 11.3 Å². The summed E-state index contributed by atoms with van der Waals surface area (Å²) in [4.78, 5) is 5.14. The summed E-state index contributed by atoms with van der Waals surface area (Å²) in [7, 11) is -3.48. The first-order chi connectivity index (χ1) is 10.1. The maximum atomic E-state index is 12.1. The zero-order valence-corrected chi connectivity index (χ0v) is 13.9. The fourth-order valence-electron chi connectivity index (χ4n) is 1.85. The molecule has 1 aromatic carbocycles. The summed E-state index contributed by atoms with van der Waals surface area (Å²) in [5, 5.41) is 6.03. The summed E-state index contributed by atoms with van der Waals surface area (Å²) in [5.41, 5.74) is 0.936. The number of rotatable bonds is 5. The second kappa shape index (κ2) is 5.84. The molecule has 9 heteroatoms. The zero-order valence-electron chi connectivity index (χ0n) is 10.7. The molecule has 1 N–H and O–H groups in total. The maximum absolute atomic E-state index is 12.1. The molecule has 0 spiro atoms. The average Bonchev–Trinajstić information content (AvgIpc) is 3.04. The third kappa shape index (κ3) is 3.15. The van der Waals surface area contributed by atoms with Gasteiger partial charge < -0.3 is 0 Å². The Morgan fingerprint density at radius 2 is 2.05 bits per heavy atom. The van der Waals surface area contributed by atoms with Gasteiger partial charge in [0.15, 0.2) is 0 Å². The van der Waals surface area contributed by atoms with E-state index in [0.717, 1.165) is 15.1 Å². The molecule has 2 aromatic heterocycles. The van der Waals surface area contributed by atoms with Crippen molar-refractivity contribution in [2.24, 2.45) is 0 Å². The van der Waals surface area contributed by atoms with Crippen LogP contribution in [0.3, 0.4) is 0 Å². The lowest BCUT2D eigenvalue weighted by atomic mass is 10.3. The summed E-state index contributed by atoms with van der Waals surface area (Å²) >= 11 is 4.76. The SMILES string of the molecule is O=S(=O)(NCCc1csc2ncnn12)c1ccc(Br)cc1. The molecule has 2 heterocycles. The van der Waals surface area contributed by atoms with Gasteiger partial charge in [0.25, 0.3) is 0 Å². The summed E-state index contributed by atoms with van der Waals surface area (Å²) in [5.74, 6) is 0. The lowest BCUT2D eigenvalue weighted by Crippen LogP contribution is -2.26. The molecule has 0 fully saturated rings. The second-order valence-corrected chi connectivity index (χ2v) is 7.80. The molecule has 21 heavy (non-hydrogen) atoms. The van der Waals surface area contributed by atoms with Crippen LogP contribution in [-0.4, -0.2) is 29.6 Å². The number of nitrogens with zero attached hydrogens (tertiary/aromatic N) is 3. The molecule has 0 atom stereocenters. The molecule has 0 bridgehead atoms. The number of benzene rings is 1.